The van der Waals surface area contributed by atoms with Crippen molar-refractivity contribution >= 4 is 18.1 Å². The Balaban J connectivity index is 0.00000676. The van der Waals surface area contributed by atoms with Gasteiger partial charge in [-0.1, -0.05) is 6.07 Å². The van der Waals surface area contributed by atoms with E-state index in [9.17, 15) is 14.4 Å². The van der Waals surface area contributed by atoms with Gasteiger partial charge in [0, 0.05) is 19.5 Å². The molecule has 1 rings (SSSR count). The molecule has 1 aromatic carbocycles. The topological polar surface area (TPSA) is 88.1 Å². The fourth-order valence-electron chi connectivity index (χ4n) is 1.68. The molecule has 0 radical (unpaired) electrons. The van der Waals surface area contributed by atoms with Gasteiger partial charge in [-0.15, -0.1) is 0 Å². The van der Waals surface area contributed by atoms with Crippen molar-refractivity contribution < 1.29 is 52.8 Å². The first-order valence-corrected chi connectivity index (χ1v) is 8.28. The van der Waals surface area contributed by atoms with E-state index in [1.54, 1.807) is 48.5 Å². The fourth-order valence-corrected chi connectivity index (χ4v) is 1.68. The van der Waals surface area contributed by atoms with E-state index in [1.807, 2.05) is 0 Å². The van der Waals surface area contributed by atoms with Crippen LogP contribution in [-0.4, -0.2) is 30.3 Å². The first-order chi connectivity index (χ1) is 11.8. The van der Waals surface area contributed by atoms with Crippen molar-refractivity contribution in [3.05, 3.63) is 23.8 Å². The smallest absolute Gasteiger partial charge is 0.462 e. The molecule has 0 saturated carbocycles. The van der Waals surface area contributed by atoms with Crippen LogP contribution >= 0.6 is 0 Å². The number of benzene rings is 1. The van der Waals surface area contributed by atoms with Crippen molar-refractivity contribution in [2.24, 2.45) is 5.41 Å². The average Bonchev–Trinajstić information content (AvgIpc) is 2.46. The van der Waals surface area contributed by atoms with E-state index in [1.165, 1.54) is 18.2 Å². The Morgan fingerprint density at radius 2 is 1.56 bits per heavy atom. The molecule has 0 aliphatic carbocycles. The molecule has 0 spiro atoms. The molecule has 0 bridgehead atoms. The van der Waals surface area contributed by atoms with Crippen molar-refractivity contribution in [1.82, 2.24) is 0 Å². The molecule has 0 unspecified atom stereocenters. The molecule has 7 nitrogen and oxygen atoms in total. The zero-order valence-corrected chi connectivity index (χ0v) is 20.0. The number of para-hydroxylation sites is 1. The van der Waals surface area contributed by atoms with E-state index in [0.29, 0.717) is 0 Å². The second kappa shape index (κ2) is 9.83. The Labute approximate surface area is 172 Å². The van der Waals surface area contributed by atoms with Gasteiger partial charge >= 0.3 is 18.1 Å². The first-order valence-electron chi connectivity index (χ1n) is 8.28. The average molecular weight is 432 g/mol. The molecule has 0 fully saturated rings. The van der Waals surface area contributed by atoms with Crippen LogP contribution < -0.4 is 9.47 Å². The molecule has 0 atom stereocenters. The van der Waals surface area contributed by atoms with Crippen LogP contribution in [0.1, 0.15) is 58.8 Å². The molecule has 0 heterocycles. The predicted molar refractivity (Wildman–Crippen MR) is 94.4 cm³/mol. The summed E-state index contributed by atoms with van der Waals surface area (Å²) in [6.07, 6.45) is -0.980. The number of carbonyl (C=O) groups excluding carboxylic acids is 3. The molecular formula is C19H26O7Zn. The van der Waals surface area contributed by atoms with Gasteiger partial charge in [0.25, 0.3) is 0 Å². The van der Waals surface area contributed by atoms with Gasteiger partial charge in [-0.25, -0.2) is 9.59 Å². The van der Waals surface area contributed by atoms with Gasteiger partial charge in [-0.05, 0) is 60.6 Å². The van der Waals surface area contributed by atoms with Gasteiger partial charge in [0.15, 0.2) is 11.5 Å². The maximum atomic E-state index is 12.3. The zero-order valence-electron chi connectivity index (χ0n) is 17.0. The second-order valence-electron chi connectivity index (χ2n) is 7.56. The van der Waals surface area contributed by atoms with Crippen LogP contribution in [0.15, 0.2) is 18.2 Å². The molecule has 146 valence electrons. The monoisotopic (exact) mass is 430 g/mol. The molecular weight excluding hydrogens is 406 g/mol. The van der Waals surface area contributed by atoms with Crippen molar-refractivity contribution in [3.63, 3.8) is 0 Å². The van der Waals surface area contributed by atoms with Crippen LogP contribution in [0, 0.1) is 5.41 Å². The third kappa shape index (κ3) is 8.08. The third-order valence-electron chi connectivity index (χ3n) is 2.86. The number of rotatable bonds is 4. The van der Waals surface area contributed by atoms with Gasteiger partial charge in [-0.3, -0.25) is 4.79 Å². The van der Waals surface area contributed by atoms with E-state index < -0.39 is 29.1 Å². The number of carbonyl (C=O) groups is 3. The van der Waals surface area contributed by atoms with E-state index in [4.69, 9.17) is 18.9 Å². The van der Waals surface area contributed by atoms with Crippen LogP contribution in [0.3, 0.4) is 0 Å². The summed E-state index contributed by atoms with van der Waals surface area (Å²) >= 11 is 0. The summed E-state index contributed by atoms with van der Waals surface area (Å²) in [5.74, 6) is -1.58. The molecule has 1 aromatic rings. The minimum absolute atomic E-state index is 0. The number of hydrogen-bond donors (Lipinski definition) is 0. The summed E-state index contributed by atoms with van der Waals surface area (Å²) in [7, 11) is 0. The second-order valence-corrected chi connectivity index (χ2v) is 7.56. The fraction of sp³-hybridized carbons (Fsp3) is 0.526. The van der Waals surface area contributed by atoms with Crippen LogP contribution in [0.5, 0.6) is 11.5 Å². The Morgan fingerprint density at radius 1 is 0.963 bits per heavy atom. The molecule has 0 N–H and O–H groups in total. The van der Waals surface area contributed by atoms with Gasteiger partial charge in [0.05, 0.1) is 12.0 Å². The number of ether oxygens (including phenoxy) is 4. The summed E-state index contributed by atoms with van der Waals surface area (Å²) in [6.45, 7) is 11.8. The van der Waals surface area contributed by atoms with Crippen LogP contribution in [0.4, 0.5) is 4.79 Å². The number of hydrogen-bond acceptors (Lipinski definition) is 7. The maximum Gasteiger partial charge on any atom is 0.514 e. The number of esters is 2. The predicted octanol–water partition coefficient (Wildman–Crippen LogP) is 4.13. The van der Waals surface area contributed by atoms with E-state index in [-0.39, 0.29) is 43.1 Å². The van der Waals surface area contributed by atoms with Gasteiger partial charge < -0.3 is 18.9 Å². The summed E-state index contributed by atoms with van der Waals surface area (Å²) in [5.41, 5.74) is -1.62. The maximum absolute atomic E-state index is 12.3. The molecule has 8 heteroatoms. The van der Waals surface area contributed by atoms with Gasteiger partial charge in [-0.2, -0.15) is 0 Å². The Hall–Kier alpha value is -1.95. The first kappa shape index (κ1) is 25.1. The van der Waals surface area contributed by atoms with Crippen LogP contribution in [-0.2, 0) is 33.7 Å². The van der Waals surface area contributed by atoms with E-state index >= 15 is 0 Å². The summed E-state index contributed by atoms with van der Waals surface area (Å²) in [6, 6.07) is 4.31. The minimum atomic E-state index is -0.980. The SMILES string of the molecule is CCOC(=O)c1cccc(OC(=O)OC(C)(C)C)c1OC(=O)C(C)(C)C.[Zn]. The molecule has 0 aliphatic heterocycles. The minimum Gasteiger partial charge on any atom is -0.462 e. The van der Waals surface area contributed by atoms with Crippen LogP contribution in [0.2, 0.25) is 0 Å². The molecule has 27 heavy (non-hydrogen) atoms. The molecule has 0 aromatic heterocycles. The Bertz CT molecular complexity index is 684. The Morgan fingerprint density at radius 3 is 2.04 bits per heavy atom. The molecule has 0 aliphatic rings. The van der Waals surface area contributed by atoms with Crippen molar-refractivity contribution in [1.29, 1.82) is 0 Å². The van der Waals surface area contributed by atoms with Crippen LogP contribution in [0.25, 0.3) is 0 Å². The summed E-state index contributed by atoms with van der Waals surface area (Å²) in [5, 5.41) is 0. The largest absolute Gasteiger partial charge is 0.514 e. The summed E-state index contributed by atoms with van der Waals surface area (Å²) in [4.78, 5) is 36.4. The normalized spacial score (nSPS) is 11.1. The third-order valence-corrected chi connectivity index (χ3v) is 2.86. The summed E-state index contributed by atoms with van der Waals surface area (Å²) < 4.78 is 20.6. The van der Waals surface area contributed by atoms with E-state index in [0.717, 1.165) is 0 Å². The van der Waals surface area contributed by atoms with Crippen molar-refractivity contribution in [2.75, 3.05) is 6.61 Å². The van der Waals surface area contributed by atoms with Gasteiger partial charge in [0.1, 0.15) is 11.2 Å². The van der Waals surface area contributed by atoms with Gasteiger partial charge in [0.2, 0.25) is 0 Å². The van der Waals surface area contributed by atoms with Crippen molar-refractivity contribution in [3.8, 4) is 11.5 Å². The quantitative estimate of drug-likeness (QED) is 0.306. The molecule has 0 saturated heterocycles. The van der Waals surface area contributed by atoms with E-state index in [2.05, 4.69) is 0 Å². The molecule has 0 amide bonds. The van der Waals surface area contributed by atoms with Crippen molar-refractivity contribution in [2.45, 2.75) is 54.1 Å². The zero-order chi connectivity index (χ0) is 20.1. The standard InChI is InChI=1S/C19H26O7.Zn/c1-8-23-15(20)12-10-9-11-13(24-17(22)26-19(5,6)7)14(12)25-16(21)18(2,3)4;/h9-11H,8H2,1-7H3;. The Kier molecular flexibility index (Phi) is 9.13.